The van der Waals surface area contributed by atoms with Gasteiger partial charge in [-0.1, -0.05) is 6.07 Å². The number of carbonyl (C=O) groups excluding carboxylic acids is 3. The molecule has 2 N–H and O–H groups in total. The van der Waals surface area contributed by atoms with Gasteiger partial charge in [-0.05, 0) is 49.4 Å². The molecule has 6 nitrogen and oxygen atoms in total. The zero-order chi connectivity index (χ0) is 18.2. The molecule has 0 spiro atoms. The van der Waals surface area contributed by atoms with Gasteiger partial charge in [0.2, 0.25) is 5.91 Å². The minimum atomic E-state index is -0.407. The first-order valence-electron chi connectivity index (χ1n) is 7.82. The number of ketones is 1. The summed E-state index contributed by atoms with van der Waals surface area (Å²) in [7, 11) is 1.33. The fourth-order valence-electron chi connectivity index (χ4n) is 2.21. The Morgan fingerprint density at radius 3 is 2.32 bits per heavy atom. The van der Waals surface area contributed by atoms with Crippen molar-refractivity contribution in [2.45, 2.75) is 13.3 Å². The third-order valence-corrected chi connectivity index (χ3v) is 3.54. The highest BCUT2D eigenvalue weighted by molar-refractivity contribution is 5.95. The van der Waals surface area contributed by atoms with E-state index in [2.05, 4.69) is 15.4 Å². The molecule has 0 aliphatic heterocycles. The van der Waals surface area contributed by atoms with E-state index in [1.807, 2.05) is 6.07 Å². The van der Waals surface area contributed by atoms with Gasteiger partial charge in [0.1, 0.15) is 0 Å². The van der Waals surface area contributed by atoms with Crippen molar-refractivity contribution in [2.24, 2.45) is 0 Å². The summed E-state index contributed by atoms with van der Waals surface area (Å²) in [4.78, 5) is 34.6. The van der Waals surface area contributed by atoms with Crippen LogP contribution in [0.3, 0.4) is 0 Å². The van der Waals surface area contributed by atoms with E-state index in [9.17, 15) is 14.4 Å². The summed E-state index contributed by atoms with van der Waals surface area (Å²) in [6.45, 7) is 1.91. The Hall–Kier alpha value is -3.15. The topological polar surface area (TPSA) is 84.5 Å². The molecule has 2 aromatic rings. The molecule has 130 valence electrons. The zero-order valence-corrected chi connectivity index (χ0v) is 14.2. The summed E-state index contributed by atoms with van der Waals surface area (Å²) in [5.74, 6) is -0.571. The summed E-state index contributed by atoms with van der Waals surface area (Å²) in [6.07, 6.45) is 0.261. The molecule has 6 heteroatoms. The van der Waals surface area contributed by atoms with E-state index in [4.69, 9.17) is 0 Å². The SMILES string of the molecule is COC(=O)c1cccc(NCCC(=O)Nc2ccc(C(C)=O)cc2)c1. The van der Waals surface area contributed by atoms with Crippen molar-refractivity contribution < 1.29 is 19.1 Å². The number of anilines is 2. The molecule has 0 aliphatic rings. The zero-order valence-electron chi connectivity index (χ0n) is 14.2. The minimum absolute atomic E-state index is 0.0174. The monoisotopic (exact) mass is 340 g/mol. The van der Waals surface area contributed by atoms with E-state index in [-0.39, 0.29) is 18.1 Å². The van der Waals surface area contributed by atoms with Gasteiger partial charge in [0.25, 0.3) is 0 Å². The van der Waals surface area contributed by atoms with Crippen LogP contribution in [0.15, 0.2) is 48.5 Å². The van der Waals surface area contributed by atoms with Gasteiger partial charge in [-0.2, -0.15) is 0 Å². The molecule has 0 aromatic heterocycles. The first kappa shape index (κ1) is 18.2. The van der Waals surface area contributed by atoms with Crippen molar-refractivity contribution in [3.8, 4) is 0 Å². The van der Waals surface area contributed by atoms with Gasteiger partial charge in [-0.15, -0.1) is 0 Å². The highest BCUT2D eigenvalue weighted by atomic mass is 16.5. The summed E-state index contributed by atoms with van der Waals surface area (Å²) in [5, 5.41) is 5.86. The molecular weight excluding hydrogens is 320 g/mol. The average molecular weight is 340 g/mol. The number of benzene rings is 2. The lowest BCUT2D eigenvalue weighted by Gasteiger charge is -2.09. The Balaban J connectivity index is 1.82. The van der Waals surface area contributed by atoms with Crippen molar-refractivity contribution in [3.05, 3.63) is 59.7 Å². The Bertz CT molecular complexity index is 769. The molecule has 0 radical (unpaired) electrons. The van der Waals surface area contributed by atoms with Crippen molar-refractivity contribution in [1.82, 2.24) is 0 Å². The van der Waals surface area contributed by atoms with Crippen molar-refractivity contribution >= 4 is 29.0 Å². The fraction of sp³-hybridized carbons (Fsp3) is 0.211. The van der Waals surface area contributed by atoms with Gasteiger partial charge in [-0.3, -0.25) is 9.59 Å². The van der Waals surface area contributed by atoms with Gasteiger partial charge in [0, 0.05) is 29.9 Å². The molecule has 0 atom stereocenters. The molecule has 0 unspecified atom stereocenters. The first-order chi connectivity index (χ1) is 12.0. The van der Waals surface area contributed by atoms with Crippen LogP contribution < -0.4 is 10.6 Å². The van der Waals surface area contributed by atoms with E-state index in [0.29, 0.717) is 23.4 Å². The van der Waals surface area contributed by atoms with Crippen LogP contribution in [0.1, 0.15) is 34.1 Å². The second-order valence-corrected chi connectivity index (χ2v) is 5.43. The highest BCUT2D eigenvalue weighted by Gasteiger charge is 2.07. The van der Waals surface area contributed by atoms with Crippen LogP contribution >= 0.6 is 0 Å². The number of nitrogens with one attached hydrogen (secondary N) is 2. The molecule has 25 heavy (non-hydrogen) atoms. The number of esters is 1. The lowest BCUT2D eigenvalue weighted by atomic mass is 10.1. The van der Waals surface area contributed by atoms with Gasteiger partial charge in [0.15, 0.2) is 5.78 Å². The van der Waals surface area contributed by atoms with Crippen LogP contribution in [-0.2, 0) is 9.53 Å². The highest BCUT2D eigenvalue weighted by Crippen LogP contribution is 2.12. The van der Waals surface area contributed by atoms with Gasteiger partial charge < -0.3 is 15.4 Å². The number of ether oxygens (including phenoxy) is 1. The molecule has 0 heterocycles. The van der Waals surface area contributed by atoms with Crippen molar-refractivity contribution in [1.29, 1.82) is 0 Å². The Morgan fingerprint density at radius 1 is 0.960 bits per heavy atom. The molecule has 0 bridgehead atoms. The number of rotatable bonds is 7. The summed E-state index contributed by atoms with van der Waals surface area (Å²) in [5.41, 5.74) is 2.43. The quantitative estimate of drug-likeness (QED) is 0.597. The van der Waals surface area contributed by atoms with E-state index < -0.39 is 5.97 Å². The second kappa shape index (κ2) is 8.63. The Labute approximate surface area is 146 Å². The van der Waals surface area contributed by atoms with E-state index in [0.717, 1.165) is 5.69 Å². The lowest BCUT2D eigenvalue weighted by Crippen LogP contribution is -2.16. The van der Waals surface area contributed by atoms with Crippen molar-refractivity contribution in [2.75, 3.05) is 24.3 Å². The summed E-state index contributed by atoms with van der Waals surface area (Å²) < 4.78 is 4.67. The number of hydrogen-bond acceptors (Lipinski definition) is 5. The van der Waals surface area contributed by atoms with E-state index in [1.165, 1.54) is 14.0 Å². The molecule has 1 amide bonds. The smallest absolute Gasteiger partial charge is 0.337 e. The predicted octanol–water partition coefficient (Wildman–Crippen LogP) is 3.12. The molecule has 0 saturated carbocycles. The predicted molar refractivity (Wildman–Crippen MR) is 96.0 cm³/mol. The number of carbonyl (C=O) groups is 3. The molecule has 0 fully saturated rings. The van der Waals surface area contributed by atoms with Gasteiger partial charge >= 0.3 is 5.97 Å². The Kier molecular flexibility index (Phi) is 6.28. The number of hydrogen-bond donors (Lipinski definition) is 2. The normalized spacial score (nSPS) is 10.0. The van der Waals surface area contributed by atoms with Crippen LogP contribution in [0.25, 0.3) is 0 Å². The van der Waals surface area contributed by atoms with Crippen LogP contribution in [0.5, 0.6) is 0 Å². The van der Waals surface area contributed by atoms with Crippen LogP contribution in [0.4, 0.5) is 11.4 Å². The van der Waals surface area contributed by atoms with Crippen LogP contribution in [-0.4, -0.2) is 31.3 Å². The molecule has 0 aliphatic carbocycles. The molecule has 2 rings (SSSR count). The Morgan fingerprint density at radius 2 is 1.68 bits per heavy atom. The number of methoxy groups -OCH3 is 1. The lowest BCUT2D eigenvalue weighted by molar-refractivity contribution is -0.115. The van der Waals surface area contributed by atoms with Crippen LogP contribution in [0.2, 0.25) is 0 Å². The maximum atomic E-state index is 12.0. The maximum Gasteiger partial charge on any atom is 0.337 e. The summed E-state index contributed by atoms with van der Waals surface area (Å²) in [6, 6.07) is 13.6. The number of Topliss-reactive ketones (excluding diaryl/α,β-unsaturated/α-hetero) is 1. The number of amides is 1. The molecular formula is C19H20N2O4. The second-order valence-electron chi connectivity index (χ2n) is 5.43. The van der Waals surface area contributed by atoms with E-state index >= 15 is 0 Å². The third kappa shape index (κ3) is 5.46. The van der Waals surface area contributed by atoms with Gasteiger partial charge in [-0.25, -0.2) is 4.79 Å². The van der Waals surface area contributed by atoms with Crippen molar-refractivity contribution in [3.63, 3.8) is 0 Å². The molecule has 0 saturated heterocycles. The standard InChI is InChI=1S/C19H20N2O4/c1-13(22)14-6-8-16(9-7-14)21-18(23)10-11-20-17-5-3-4-15(12-17)19(24)25-2/h3-9,12,20H,10-11H2,1-2H3,(H,21,23). The third-order valence-electron chi connectivity index (χ3n) is 3.54. The van der Waals surface area contributed by atoms with Gasteiger partial charge in [0.05, 0.1) is 12.7 Å². The molecule has 2 aromatic carbocycles. The summed E-state index contributed by atoms with van der Waals surface area (Å²) >= 11 is 0. The van der Waals surface area contributed by atoms with E-state index in [1.54, 1.807) is 42.5 Å². The van der Waals surface area contributed by atoms with Crippen LogP contribution in [0, 0.1) is 0 Å². The first-order valence-corrected chi connectivity index (χ1v) is 7.82. The maximum absolute atomic E-state index is 12.0. The largest absolute Gasteiger partial charge is 0.465 e. The fourth-order valence-corrected chi connectivity index (χ4v) is 2.21. The minimum Gasteiger partial charge on any atom is -0.465 e. The average Bonchev–Trinajstić information content (AvgIpc) is 2.61.